The summed E-state index contributed by atoms with van der Waals surface area (Å²) < 4.78 is 5.52. The minimum absolute atomic E-state index is 0.0290. The SMILES string of the molecule is C=CC(=O)N1C[C@@H](Nc2ncc3cc(-c4c(C)c(O)cc(OC)c4CC)ccc3n2)C/C1=C\C. The van der Waals surface area contributed by atoms with Gasteiger partial charge in [0.15, 0.2) is 0 Å². The van der Waals surface area contributed by atoms with E-state index in [1.165, 1.54) is 6.08 Å². The predicted octanol–water partition coefficient (Wildman–Crippen LogP) is 4.98. The number of hydrogen-bond donors (Lipinski definition) is 2. The summed E-state index contributed by atoms with van der Waals surface area (Å²) in [4.78, 5) is 23.1. The van der Waals surface area contributed by atoms with E-state index in [9.17, 15) is 9.90 Å². The standard InChI is InChI=1S/C27H30N4O3/c1-6-20-12-19(15-31(20)25(33)8-3)29-27-28-14-18-11-17(9-10-22(18)30-27)26-16(4)23(32)13-24(34-5)21(26)7-2/h6,8-11,13-14,19,32H,3,7,12,15H2,1-2,4-5H3,(H,28,29,30)/b20-6+/t19-/m0/s1. The number of phenols is 1. The number of likely N-dealkylation sites (tertiary alicyclic amines) is 1. The average molecular weight is 459 g/mol. The summed E-state index contributed by atoms with van der Waals surface area (Å²) in [6.45, 7) is 10.1. The number of fused-ring (bicyclic) bond motifs is 1. The van der Waals surface area contributed by atoms with Gasteiger partial charge in [0.05, 0.1) is 18.7 Å². The van der Waals surface area contributed by atoms with Crippen molar-refractivity contribution in [2.75, 3.05) is 19.0 Å². The van der Waals surface area contributed by atoms with Gasteiger partial charge in [0.1, 0.15) is 11.5 Å². The van der Waals surface area contributed by atoms with Gasteiger partial charge in [0.2, 0.25) is 11.9 Å². The van der Waals surface area contributed by atoms with Crippen molar-refractivity contribution >= 4 is 22.8 Å². The average Bonchev–Trinajstić information content (AvgIpc) is 3.27. The van der Waals surface area contributed by atoms with Crippen LogP contribution in [0.4, 0.5) is 5.95 Å². The summed E-state index contributed by atoms with van der Waals surface area (Å²) in [6.07, 6.45) is 6.58. The van der Waals surface area contributed by atoms with Gasteiger partial charge >= 0.3 is 0 Å². The lowest BCUT2D eigenvalue weighted by molar-refractivity contribution is -0.123. The van der Waals surface area contributed by atoms with Crippen LogP contribution in [0.2, 0.25) is 0 Å². The van der Waals surface area contributed by atoms with Gasteiger partial charge in [-0.2, -0.15) is 0 Å². The maximum absolute atomic E-state index is 12.1. The molecule has 1 aromatic heterocycles. The fraction of sp³-hybridized carbons (Fsp3) is 0.296. The molecule has 0 spiro atoms. The largest absolute Gasteiger partial charge is 0.508 e. The third kappa shape index (κ3) is 4.21. The van der Waals surface area contributed by atoms with Crippen molar-refractivity contribution in [2.45, 2.75) is 39.7 Å². The van der Waals surface area contributed by atoms with Crippen LogP contribution in [0.25, 0.3) is 22.0 Å². The second kappa shape index (κ2) is 9.55. The van der Waals surface area contributed by atoms with Crippen LogP contribution in [0.1, 0.15) is 31.4 Å². The third-order valence-electron chi connectivity index (χ3n) is 6.38. The lowest BCUT2D eigenvalue weighted by Gasteiger charge is -2.18. The minimum atomic E-state index is -0.102. The molecule has 7 nitrogen and oxygen atoms in total. The van der Waals surface area contributed by atoms with Gasteiger partial charge in [0, 0.05) is 41.9 Å². The number of amides is 1. The summed E-state index contributed by atoms with van der Waals surface area (Å²) in [5.74, 6) is 1.31. The number of ether oxygens (including phenoxy) is 1. The summed E-state index contributed by atoms with van der Waals surface area (Å²) in [5.41, 5.74) is 5.60. The molecule has 1 aliphatic heterocycles. The Morgan fingerprint density at radius 3 is 2.85 bits per heavy atom. The predicted molar refractivity (Wildman–Crippen MR) is 135 cm³/mol. The first kappa shape index (κ1) is 23.3. The van der Waals surface area contributed by atoms with Crippen LogP contribution in [0.15, 0.2) is 54.9 Å². The molecule has 34 heavy (non-hydrogen) atoms. The molecular formula is C27H30N4O3. The second-order valence-corrected chi connectivity index (χ2v) is 8.38. The number of benzene rings is 2. The fourth-order valence-corrected chi connectivity index (χ4v) is 4.64. The van der Waals surface area contributed by atoms with E-state index in [2.05, 4.69) is 23.8 Å². The number of carbonyl (C=O) groups is 1. The highest BCUT2D eigenvalue weighted by Gasteiger charge is 2.29. The molecule has 1 amide bonds. The zero-order valence-electron chi connectivity index (χ0n) is 20.1. The van der Waals surface area contributed by atoms with Gasteiger partial charge in [-0.25, -0.2) is 9.97 Å². The van der Waals surface area contributed by atoms with Crippen molar-refractivity contribution in [1.29, 1.82) is 0 Å². The zero-order chi connectivity index (χ0) is 24.4. The normalized spacial score (nSPS) is 16.8. The molecule has 7 heteroatoms. The van der Waals surface area contributed by atoms with Crippen molar-refractivity contribution in [3.8, 4) is 22.6 Å². The quantitative estimate of drug-likeness (QED) is 0.507. The van der Waals surface area contributed by atoms with E-state index >= 15 is 0 Å². The maximum Gasteiger partial charge on any atom is 0.250 e. The van der Waals surface area contributed by atoms with Crippen LogP contribution < -0.4 is 10.1 Å². The van der Waals surface area contributed by atoms with E-state index < -0.39 is 0 Å². The molecule has 0 bridgehead atoms. The summed E-state index contributed by atoms with van der Waals surface area (Å²) in [7, 11) is 1.62. The highest BCUT2D eigenvalue weighted by molar-refractivity contribution is 5.89. The summed E-state index contributed by atoms with van der Waals surface area (Å²) in [5, 5.41) is 14.7. The molecule has 2 aromatic carbocycles. The van der Waals surface area contributed by atoms with E-state index in [0.717, 1.165) is 51.7 Å². The van der Waals surface area contributed by atoms with Gasteiger partial charge in [-0.05, 0) is 55.2 Å². The number of rotatable bonds is 6. The van der Waals surface area contributed by atoms with E-state index in [0.29, 0.717) is 18.2 Å². The molecule has 176 valence electrons. The molecule has 1 aliphatic rings. The second-order valence-electron chi connectivity index (χ2n) is 8.38. The van der Waals surface area contributed by atoms with Gasteiger partial charge < -0.3 is 20.1 Å². The molecule has 0 radical (unpaired) electrons. The maximum atomic E-state index is 12.1. The Bertz CT molecular complexity index is 1300. The first-order valence-corrected chi connectivity index (χ1v) is 11.4. The smallest absolute Gasteiger partial charge is 0.250 e. The van der Waals surface area contributed by atoms with Crippen LogP contribution >= 0.6 is 0 Å². The van der Waals surface area contributed by atoms with E-state index in [4.69, 9.17) is 9.72 Å². The highest BCUT2D eigenvalue weighted by Crippen LogP contribution is 2.40. The number of hydrogen-bond acceptors (Lipinski definition) is 6. The van der Waals surface area contributed by atoms with Crippen molar-refractivity contribution < 1.29 is 14.6 Å². The number of aromatic nitrogens is 2. The topological polar surface area (TPSA) is 87.6 Å². The number of nitrogens with one attached hydrogen (secondary N) is 1. The van der Waals surface area contributed by atoms with Crippen molar-refractivity contribution in [2.24, 2.45) is 0 Å². The lowest BCUT2D eigenvalue weighted by Crippen LogP contribution is -2.30. The Labute approximate surface area is 199 Å². The third-order valence-corrected chi connectivity index (χ3v) is 6.38. The van der Waals surface area contributed by atoms with Crippen molar-refractivity contribution in [1.82, 2.24) is 14.9 Å². The van der Waals surface area contributed by atoms with Gasteiger partial charge in [-0.15, -0.1) is 0 Å². The Morgan fingerprint density at radius 2 is 2.18 bits per heavy atom. The number of phenolic OH excluding ortho intramolecular Hbond substituents is 1. The van der Waals surface area contributed by atoms with Crippen LogP contribution in [0.5, 0.6) is 11.5 Å². The number of nitrogens with zero attached hydrogens (tertiary/aromatic N) is 3. The van der Waals surface area contributed by atoms with Gasteiger partial charge in [-0.3, -0.25) is 4.79 Å². The summed E-state index contributed by atoms with van der Waals surface area (Å²) >= 11 is 0. The number of aromatic hydroxyl groups is 1. The number of allylic oxidation sites excluding steroid dienone is 1. The van der Waals surface area contributed by atoms with Crippen molar-refractivity contribution in [3.63, 3.8) is 0 Å². The molecule has 0 unspecified atom stereocenters. The number of anilines is 1. The van der Waals surface area contributed by atoms with E-state index in [1.807, 2.05) is 38.1 Å². The van der Waals surface area contributed by atoms with Crippen LogP contribution in [0, 0.1) is 6.92 Å². The Kier molecular flexibility index (Phi) is 6.54. The molecular weight excluding hydrogens is 428 g/mol. The fourth-order valence-electron chi connectivity index (χ4n) is 4.64. The number of methoxy groups -OCH3 is 1. The van der Waals surface area contributed by atoms with E-state index in [-0.39, 0.29) is 17.7 Å². The molecule has 1 saturated heterocycles. The van der Waals surface area contributed by atoms with Crippen molar-refractivity contribution in [3.05, 3.63) is 66.0 Å². The first-order chi connectivity index (χ1) is 16.4. The molecule has 1 fully saturated rings. The number of carbonyl (C=O) groups excluding carboxylic acids is 1. The van der Waals surface area contributed by atoms with Gasteiger partial charge in [-0.1, -0.05) is 25.6 Å². The van der Waals surface area contributed by atoms with Crippen LogP contribution in [-0.2, 0) is 11.2 Å². The summed E-state index contributed by atoms with van der Waals surface area (Å²) in [6, 6.07) is 7.72. The lowest BCUT2D eigenvalue weighted by atomic mass is 9.91. The molecule has 1 atom stereocenters. The van der Waals surface area contributed by atoms with Gasteiger partial charge in [0.25, 0.3) is 0 Å². The molecule has 3 aromatic rings. The Morgan fingerprint density at radius 1 is 1.38 bits per heavy atom. The van der Waals surface area contributed by atoms with Crippen LogP contribution in [-0.4, -0.2) is 45.6 Å². The monoisotopic (exact) mass is 458 g/mol. The molecule has 0 saturated carbocycles. The first-order valence-electron chi connectivity index (χ1n) is 11.4. The molecule has 4 rings (SSSR count). The highest BCUT2D eigenvalue weighted by atomic mass is 16.5. The Balaban J connectivity index is 1.64. The minimum Gasteiger partial charge on any atom is -0.508 e. The van der Waals surface area contributed by atoms with E-state index in [1.54, 1.807) is 24.3 Å². The Hall–Kier alpha value is -3.87. The molecule has 2 N–H and O–H groups in total. The zero-order valence-corrected chi connectivity index (χ0v) is 20.1. The van der Waals surface area contributed by atoms with Crippen LogP contribution in [0.3, 0.4) is 0 Å². The molecule has 2 heterocycles. The molecule has 0 aliphatic carbocycles.